The molecule has 2 aromatic heterocycles. The van der Waals surface area contributed by atoms with Gasteiger partial charge in [0.15, 0.2) is 11.7 Å². The number of oxazole rings is 1. The number of hydrogen-bond donors (Lipinski definition) is 0. The van der Waals surface area contributed by atoms with Crippen molar-refractivity contribution in [1.29, 1.82) is 0 Å². The fraction of sp³-hybridized carbons (Fsp3) is 0.400. The summed E-state index contributed by atoms with van der Waals surface area (Å²) in [7, 11) is 1.87. The molecule has 0 aromatic carbocycles. The topological polar surface area (TPSA) is 43.9 Å². The van der Waals surface area contributed by atoms with E-state index in [2.05, 4.69) is 10.1 Å². The lowest BCUT2D eigenvalue weighted by atomic mass is 10.3. The maximum absolute atomic E-state index is 5.60. The monoisotopic (exact) mass is 225 g/mol. The van der Waals surface area contributed by atoms with Gasteiger partial charge in [-0.25, -0.2) is 4.98 Å². The first-order chi connectivity index (χ1) is 7.31. The highest BCUT2D eigenvalue weighted by atomic mass is 35.5. The highest BCUT2D eigenvalue weighted by Crippen LogP contribution is 2.19. The second kappa shape index (κ2) is 4.49. The summed E-state index contributed by atoms with van der Waals surface area (Å²) >= 11 is 5.60. The summed E-state index contributed by atoms with van der Waals surface area (Å²) in [6.45, 7) is 0. The fourth-order valence-electron chi connectivity index (χ4n) is 1.38. The first-order valence-corrected chi connectivity index (χ1v) is 5.34. The molecule has 0 saturated carbocycles. The normalized spacial score (nSPS) is 10.8. The molecule has 5 heteroatoms. The Kier molecular flexibility index (Phi) is 3.06. The van der Waals surface area contributed by atoms with Crippen LogP contribution in [0.15, 0.2) is 22.9 Å². The Labute approximate surface area is 92.9 Å². The van der Waals surface area contributed by atoms with Crippen LogP contribution in [-0.4, -0.2) is 20.6 Å². The van der Waals surface area contributed by atoms with Gasteiger partial charge >= 0.3 is 0 Å². The van der Waals surface area contributed by atoms with Crippen molar-refractivity contribution in [1.82, 2.24) is 14.8 Å². The van der Waals surface area contributed by atoms with Crippen molar-refractivity contribution in [2.75, 3.05) is 5.88 Å². The van der Waals surface area contributed by atoms with Crippen LogP contribution in [0.2, 0.25) is 0 Å². The van der Waals surface area contributed by atoms with Gasteiger partial charge in [-0.1, -0.05) is 0 Å². The Morgan fingerprint density at radius 3 is 3.07 bits per heavy atom. The summed E-state index contributed by atoms with van der Waals surface area (Å²) in [6, 6.07) is 1.89. The van der Waals surface area contributed by atoms with Gasteiger partial charge in [-0.15, -0.1) is 11.6 Å². The van der Waals surface area contributed by atoms with Crippen LogP contribution in [0.1, 0.15) is 12.3 Å². The predicted octanol–water partition coefficient (Wildman–Crippen LogP) is 2.25. The summed E-state index contributed by atoms with van der Waals surface area (Å²) in [5.41, 5.74) is 0.930. The van der Waals surface area contributed by atoms with Crippen molar-refractivity contribution in [3.63, 3.8) is 0 Å². The maximum Gasteiger partial charge on any atom is 0.195 e. The molecule has 0 amide bonds. The lowest BCUT2D eigenvalue weighted by molar-refractivity contribution is 0.499. The van der Waals surface area contributed by atoms with Gasteiger partial charge in [-0.3, -0.25) is 4.68 Å². The smallest absolute Gasteiger partial charge is 0.195 e. The molecule has 0 N–H and O–H groups in total. The first-order valence-electron chi connectivity index (χ1n) is 4.80. The van der Waals surface area contributed by atoms with Crippen LogP contribution >= 0.6 is 11.6 Å². The van der Waals surface area contributed by atoms with Crippen molar-refractivity contribution in [3.8, 4) is 11.5 Å². The van der Waals surface area contributed by atoms with Gasteiger partial charge in [0.25, 0.3) is 0 Å². The van der Waals surface area contributed by atoms with Crippen LogP contribution < -0.4 is 0 Å². The summed E-state index contributed by atoms with van der Waals surface area (Å²) in [5.74, 6) is 2.11. The Morgan fingerprint density at radius 1 is 1.53 bits per heavy atom. The molecule has 0 fully saturated rings. The van der Waals surface area contributed by atoms with E-state index in [9.17, 15) is 0 Å². The Hall–Kier alpha value is -1.29. The zero-order chi connectivity index (χ0) is 10.7. The molecule has 0 saturated heterocycles. The second-order valence-electron chi connectivity index (χ2n) is 3.25. The van der Waals surface area contributed by atoms with E-state index in [0.29, 0.717) is 5.88 Å². The average molecular weight is 226 g/mol. The molecule has 80 valence electrons. The zero-order valence-electron chi connectivity index (χ0n) is 8.48. The minimum absolute atomic E-state index is 0.628. The Morgan fingerprint density at radius 2 is 2.40 bits per heavy atom. The minimum atomic E-state index is 0.628. The van der Waals surface area contributed by atoms with Crippen molar-refractivity contribution >= 4 is 11.6 Å². The standard InChI is InChI=1S/C10H12ClN3O/c1-14-8(4-6-13-14)9-7-12-10(15-9)3-2-5-11/h4,6-7H,2-3,5H2,1H3. The summed E-state index contributed by atoms with van der Waals surface area (Å²) in [6.07, 6.45) is 5.12. The van der Waals surface area contributed by atoms with Gasteiger partial charge in [-0.05, 0) is 12.5 Å². The molecule has 0 aliphatic carbocycles. The molecule has 0 radical (unpaired) electrons. The fourth-order valence-corrected chi connectivity index (χ4v) is 1.51. The Balaban J connectivity index is 2.17. The van der Waals surface area contributed by atoms with Crippen LogP contribution in [0.25, 0.3) is 11.5 Å². The molecule has 4 nitrogen and oxygen atoms in total. The molecule has 0 bridgehead atoms. The van der Waals surface area contributed by atoms with Crippen LogP contribution in [0, 0.1) is 0 Å². The number of aromatic nitrogens is 3. The maximum atomic E-state index is 5.60. The largest absolute Gasteiger partial charge is 0.439 e. The summed E-state index contributed by atoms with van der Waals surface area (Å²) in [5, 5.41) is 4.07. The molecule has 2 aromatic rings. The quantitative estimate of drug-likeness (QED) is 0.750. The van der Waals surface area contributed by atoms with E-state index in [1.165, 1.54) is 0 Å². The molecule has 0 unspecified atom stereocenters. The average Bonchev–Trinajstić information content (AvgIpc) is 2.83. The number of alkyl halides is 1. The van der Waals surface area contributed by atoms with Gasteiger partial charge < -0.3 is 4.42 Å². The molecular formula is C10H12ClN3O. The van der Waals surface area contributed by atoms with Crippen LogP contribution in [-0.2, 0) is 13.5 Å². The van der Waals surface area contributed by atoms with Gasteiger partial charge in [0, 0.05) is 25.5 Å². The van der Waals surface area contributed by atoms with Crippen molar-refractivity contribution < 1.29 is 4.42 Å². The van der Waals surface area contributed by atoms with Gasteiger partial charge in [0.05, 0.1) is 6.20 Å². The molecule has 0 atom stereocenters. The third kappa shape index (κ3) is 2.21. The highest BCUT2D eigenvalue weighted by Gasteiger charge is 2.08. The van der Waals surface area contributed by atoms with Gasteiger partial charge in [0.1, 0.15) is 5.69 Å². The minimum Gasteiger partial charge on any atom is -0.439 e. The van der Waals surface area contributed by atoms with Gasteiger partial charge in [-0.2, -0.15) is 5.10 Å². The number of hydrogen-bond acceptors (Lipinski definition) is 3. The van der Waals surface area contributed by atoms with E-state index in [-0.39, 0.29) is 0 Å². The number of aryl methyl sites for hydroxylation is 2. The van der Waals surface area contributed by atoms with E-state index < -0.39 is 0 Å². The van der Waals surface area contributed by atoms with Gasteiger partial charge in [0.2, 0.25) is 0 Å². The van der Waals surface area contributed by atoms with Crippen molar-refractivity contribution in [2.24, 2.45) is 7.05 Å². The third-order valence-corrected chi connectivity index (χ3v) is 2.42. The lowest BCUT2D eigenvalue weighted by Gasteiger charge is -1.95. The third-order valence-electron chi connectivity index (χ3n) is 2.15. The molecule has 0 spiro atoms. The van der Waals surface area contributed by atoms with Crippen LogP contribution in [0.5, 0.6) is 0 Å². The molecular weight excluding hydrogens is 214 g/mol. The van der Waals surface area contributed by atoms with E-state index in [1.54, 1.807) is 17.1 Å². The number of nitrogens with zero attached hydrogens (tertiary/aromatic N) is 3. The van der Waals surface area contributed by atoms with E-state index >= 15 is 0 Å². The molecule has 2 rings (SSSR count). The first kappa shape index (κ1) is 10.2. The Bertz CT molecular complexity index is 435. The molecule has 0 aliphatic rings. The van der Waals surface area contributed by atoms with Crippen molar-refractivity contribution in [3.05, 3.63) is 24.4 Å². The van der Waals surface area contributed by atoms with Crippen LogP contribution in [0.3, 0.4) is 0 Å². The predicted molar refractivity (Wildman–Crippen MR) is 57.7 cm³/mol. The number of halogens is 1. The molecule has 0 aliphatic heterocycles. The van der Waals surface area contributed by atoms with Crippen LogP contribution in [0.4, 0.5) is 0 Å². The van der Waals surface area contributed by atoms with E-state index in [4.69, 9.17) is 16.0 Å². The zero-order valence-corrected chi connectivity index (χ0v) is 9.24. The molecule has 2 heterocycles. The van der Waals surface area contributed by atoms with E-state index in [1.807, 2.05) is 13.1 Å². The lowest BCUT2D eigenvalue weighted by Crippen LogP contribution is -1.91. The SMILES string of the molecule is Cn1nccc1-c1cnc(CCCCl)o1. The summed E-state index contributed by atoms with van der Waals surface area (Å²) in [4.78, 5) is 4.18. The summed E-state index contributed by atoms with van der Waals surface area (Å²) < 4.78 is 7.34. The van der Waals surface area contributed by atoms with Crippen molar-refractivity contribution in [2.45, 2.75) is 12.8 Å². The number of rotatable bonds is 4. The van der Waals surface area contributed by atoms with E-state index in [0.717, 1.165) is 30.2 Å². The second-order valence-corrected chi connectivity index (χ2v) is 3.63. The highest BCUT2D eigenvalue weighted by molar-refractivity contribution is 6.17. The molecule has 15 heavy (non-hydrogen) atoms.